The summed E-state index contributed by atoms with van der Waals surface area (Å²) in [4.78, 5) is 0. The van der Waals surface area contributed by atoms with E-state index in [1.165, 1.54) is 96.3 Å². The maximum absolute atomic E-state index is 10.5. The lowest BCUT2D eigenvalue weighted by molar-refractivity contribution is -0.00384. The zero-order valence-electron chi connectivity index (χ0n) is 37.8. The largest absolute Gasteiger partial charge is 0.198 e. The van der Waals surface area contributed by atoms with Crippen LogP contribution in [0, 0.1) is 151 Å². The third-order valence-corrected chi connectivity index (χ3v) is 28.5. The highest BCUT2D eigenvalue weighted by Crippen LogP contribution is 2.65. The van der Waals surface area contributed by atoms with E-state index in [1.54, 1.807) is 51.4 Å². The second-order valence-corrected chi connectivity index (χ2v) is 28.2. The van der Waals surface area contributed by atoms with E-state index in [0.29, 0.717) is 37.5 Å². The molecule has 0 aromatic carbocycles. The highest BCUT2D eigenvalue weighted by Gasteiger charge is 2.57. The zero-order chi connectivity index (χ0) is 42.3. The second kappa shape index (κ2) is 20.8. The van der Waals surface area contributed by atoms with Crippen LogP contribution in [0.1, 0.15) is 193 Å². The van der Waals surface area contributed by atoms with E-state index < -0.39 is 8.07 Å². The van der Waals surface area contributed by atoms with Gasteiger partial charge in [0.1, 0.15) is 0 Å². The molecule has 0 radical (unpaired) electrons. The van der Waals surface area contributed by atoms with Gasteiger partial charge in [0.25, 0.3) is 0 Å². The molecule has 0 N–H and O–H groups in total. The van der Waals surface area contributed by atoms with Crippen molar-refractivity contribution in [3.05, 3.63) is 0 Å². The van der Waals surface area contributed by atoms with Crippen LogP contribution in [0.2, 0.25) is 22.2 Å². The van der Waals surface area contributed by atoms with Crippen LogP contribution in [-0.2, 0) is 0 Å². The second-order valence-electron chi connectivity index (χ2n) is 23.0. The number of nitrogens with zero attached hydrogens (tertiary/aromatic N) is 6. The fraction of sp³-hybridized carbons (Fsp3) is 0.889. The van der Waals surface area contributed by atoms with Crippen molar-refractivity contribution in [2.75, 3.05) is 0 Å². The molecule has 6 nitrogen and oxygen atoms in total. The molecule has 0 heterocycles. The van der Waals surface area contributed by atoms with E-state index in [2.05, 4.69) is 36.4 Å². The highest BCUT2D eigenvalue weighted by molar-refractivity contribution is 6.85. The summed E-state index contributed by atoms with van der Waals surface area (Å²) in [5.41, 5.74) is 4.44. The Morgan fingerprint density at radius 3 is 0.852 bits per heavy atom. The van der Waals surface area contributed by atoms with E-state index in [9.17, 15) is 31.6 Å². The van der Waals surface area contributed by atoms with Crippen molar-refractivity contribution in [2.24, 2.45) is 82.9 Å². The smallest absolute Gasteiger partial charge is 0.0660 e. The average molecular weight is 839 g/mol. The molecule has 0 aromatic rings. The van der Waals surface area contributed by atoms with Gasteiger partial charge >= 0.3 is 0 Å². The quantitative estimate of drug-likeness (QED) is 0.223. The van der Waals surface area contributed by atoms with Gasteiger partial charge in [-0.05, 0) is 140 Å². The summed E-state index contributed by atoms with van der Waals surface area (Å²) < 4.78 is 0. The molecule has 0 amide bonds. The van der Waals surface area contributed by atoms with Crippen molar-refractivity contribution in [1.82, 2.24) is 0 Å². The molecule has 0 spiro atoms. The standard InChI is InChI=1S/C54H78N6Si/c55-31-37-24-45(33-57)53(46(25-37)34-58)43-28-42(29-44(30-43)54-47(35-59)26-38(32-56)27-48(54)36-60)41-18-16-39(17-19-41)40-20-22-52(23-21-40)61(49-10-4-1-5-11-49,50-12-6-2-7-13-50)51-14-8-3-9-15-51/h37-54H,1-30H2. The molecule has 8 rings (SSSR count). The minimum atomic E-state index is -1.50. The highest BCUT2D eigenvalue weighted by atomic mass is 28.3. The average Bonchev–Trinajstić information content (AvgIpc) is 3.34. The monoisotopic (exact) mass is 839 g/mol. The van der Waals surface area contributed by atoms with E-state index in [-0.39, 0.29) is 59.2 Å². The number of rotatable bonds is 8. The topological polar surface area (TPSA) is 143 Å². The normalized spacial score (nSPS) is 42.3. The minimum Gasteiger partial charge on any atom is -0.198 e. The van der Waals surface area contributed by atoms with Gasteiger partial charge in [-0.25, -0.2) is 0 Å². The van der Waals surface area contributed by atoms with Crippen LogP contribution in [0.15, 0.2) is 0 Å². The Labute approximate surface area is 372 Å². The van der Waals surface area contributed by atoms with E-state index >= 15 is 0 Å². The summed E-state index contributed by atoms with van der Waals surface area (Å²) in [6, 6.07) is 15.2. The van der Waals surface area contributed by atoms with Crippen molar-refractivity contribution < 1.29 is 0 Å². The van der Waals surface area contributed by atoms with Crippen molar-refractivity contribution in [3.63, 3.8) is 0 Å². The van der Waals surface area contributed by atoms with E-state index in [0.717, 1.165) is 53.3 Å². The summed E-state index contributed by atoms with van der Waals surface area (Å²) >= 11 is 0. The Kier molecular flexibility index (Phi) is 15.2. The van der Waals surface area contributed by atoms with Crippen LogP contribution < -0.4 is 0 Å². The number of hydrogen-bond acceptors (Lipinski definition) is 6. The maximum atomic E-state index is 10.5. The molecule has 6 atom stereocenters. The molecular formula is C54H78N6Si. The SMILES string of the molecule is N#CC1CC(C#N)C(C2CC(C3CCC(C4CCC([Si](C5CCCCC5)(C5CCCCC5)C5CCCCC5)CC4)CC3)CC(C3C(C#N)CC(C#N)CC3C#N)C2)C(C#N)C1. The van der Waals surface area contributed by atoms with Gasteiger partial charge in [-0.15, -0.1) is 0 Å². The number of nitriles is 6. The van der Waals surface area contributed by atoms with Gasteiger partial charge < -0.3 is 0 Å². The first kappa shape index (κ1) is 44.8. The van der Waals surface area contributed by atoms with Crippen LogP contribution in [0.5, 0.6) is 0 Å². The Morgan fingerprint density at radius 1 is 0.262 bits per heavy atom. The van der Waals surface area contributed by atoms with Gasteiger partial charge in [0.2, 0.25) is 0 Å². The molecule has 0 aliphatic heterocycles. The summed E-state index contributed by atoms with van der Waals surface area (Å²) in [5, 5.41) is 61.7. The third-order valence-electron chi connectivity index (χ3n) is 20.5. The van der Waals surface area contributed by atoms with Crippen LogP contribution >= 0.6 is 0 Å². The fourth-order valence-electron chi connectivity index (χ4n) is 18.1. The molecule has 6 unspecified atom stereocenters. The molecule has 0 saturated heterocycles. The summed E-state index contributed by atoms with van der Waals surface area (Å²) in [7, 11) is -1.50. The first-order valence-electron chi connectivity index (χ1n) is 26.3. The van der Waals surface area contributed by atoms with Gasteiger partial charge in [0.05, 0.1) is 68.2 Å². The Hall–Kier alpha value is -2.84. The van der Waals surface area contributed by atoms with Gasteiger partial charge in [0, 0.05) is 11.8 Å². The molecule has 8 fully saturated rings. The molecule has 0 bridgehead atoms. The van der Waals surface area contributed by atoms with Crippen molar-refractivity contribution >= 4 is 8.07 Å². The summed E-state index contributed by atoms with van der Waals surface area (Å²) in [6.45, 7) is 0. The minimum absolute atomic E-state index is 0.0561. The Bertz CT molecular complexity index is 1530. The molecular weight excluding hydrogens is 761 g/mol. The summed E-state index contributed by atoms with van der Waals surface area (Å²) in [6.07, 6.45) is 39.5. The molecule has 8 aliphatic carbocycles. The van der Waals surface area contributed by atoms with E-state index in [1.807, 2.05) is 0 Å². The molecule has 0 aromatic heterocycles. The van der Waals surface area contributed by atoms with Crippen LogP contribution in [-0.4, -0.2) is 8.07 Å². The lowest BCUT2D eigenvalue weighted by Gasteiger charge is -2.59. The van der Waals surface area contributed by atoms with Crippen LogP contribution in [0.25, 0.3) is 0 Å². The zero-order valence-corrected chi connectivity index (χ0v) is 38.8. The van der Waals surface area contributed by atoms with Crippen LogP contribution in [0.3, 0.4) is 0 Å². The van der Waals surface area contributed by atoms with E-state index in [4.69, 9.17) is 0 Å². The maximum Gasteiger partial charge on any atom is 0.0660 e. The number of hydrogen-bond donors (Lipinski definition) is 0. The first-order valence-corrected chi connectivity index (χ1v) is 28.6. The third kappa shape index (κ3) is 9.24. The Balaban J connectivity index is 0.975. The van der Waals surface area contributed by atoms with Gasteiger partial charge in [-0.2, -0.15) is 31.6 Å². The molecule has 61 heavy (non-hydrogen) atoms. The van der Waals surface area contributed by atoms with Crippen molar-refractivity contribution in [1.29, 1.82) is 31.6 Å². The fourth-order valence-corrected chi connectivity index (χ4v) is 27.7. The molecule has 328 valence electrons. The summed E-state index contributed by atoms with van der Waals surface area (Å²) in [5.74, 6) is 1.41. The molecule has 8 saturated carbocycles. The first-order chi connectivity index (χ1) is 29.9. The lowest BCUT2D eigenvalue weighted by Crippen LogP contribution is -2.55. The Morgan fingerprint density at radius 2 is 0.541 bits per heavy atom. The van der Waals surface area contributed by atoms with Crippen molar-refractivity contribution in [3.8, 4) is 36.4 Å². The van der Waals surface area contributed by atoms with Gasteiger partial charge in [-0.3, -0.25) is 0 Å². The predicted octanol–water partition coefficient (Wildman–Crippen LogP) is 14.5. The van der Waals surface area contributed by atoms with Gasteiger partial charge in [-0.1, -0.05) is 122 Å². The van der Waals surface area contributed by atoms with Gasteiger partial charge in [0.15, 0.2) is 0 Å². The predicted molar refractivity (Wildman–Crippen MR) is 242 cm³/mol. The van der Waals surface area contributed by atoms with Crippen molar-refractivity contribution in [2.45, 2.75) is 215 Å². The van der Waals surface area contributed by atoms with Crippen LogP contribution in [0.4, 0.5) is 0 Å². The lowest BCUT2D eigenvalue weighted by atomic mass is 9.53. The molecule has 7 heteroatoms. The molecule has 8 aliphatic rings.